The molecule has 1 aliphatic heterocycles. The van der Waals surface area contributed by atoms with Crippen molar-refractivity contribution in [2.75, 3.05) is 36.8 Å². The lowest BCUT2D eigenvalue weighted by atomic mass is 10.2. The average molecular weight is 306 g/mol. The highest BCUT2D eigenvalue weighted by Gasteiger charge is 2.24. The number of nitrogens with two attached hydrogens (primary N) is 1. The van der Waals surface area contributed by atoms with E-state index in [0.29, 0.717) is 29.6 Å². The summed E-state index contributed by atoms with van der Waals surface area (Å²) in [4.78, 5) is 16.1. The molecule has 6 heteroatoms. The molecule has 1 aromatic carbocycles. The van der Waals surface area contributed by atoms with Gasteiger partial charge in [0.15, 0.2) is 5.76 Å². The van der Waals surface area contributed by atoms with Gasteiger partial charge in [-0.15, -0.1) is 0 Å². The molecule has 0 atom stereocenters. The van der Waals surface area contributed by atoms with Gasteiger partial charge in [0.05, 0.1) is 17.0 Å². The molecule has 2 aromatic rings. The first kappa shape index (κ1) is 13.8. The Bertz CT molecular complexity index is 634. The molecule has 0 radical (unpaired) electrons. The monoisotopic (exact) mass is 305 g/mol. The van der Waals surface area contributed by atoms with Crippen molar-refractivity contribution >= 4 is 28.9 Å². The van der Waals surface area contributed by atoms with Gasteiger partial charge in [0, 0.05) is 31.9 Å². The molecule has 1 amide bonds. The van der Waals surface area contributed by atoms with E-state index in [1.54, 1.807) is 23.1 Å². The van der Waals surface area contributed by atoms with E-state index in [0.717, 1.165) is 18.8 Å². The zero-order chi connectivity index (χ0) is 14.8. The van der Waals surface area contributed by atoms with Crippen LogP contribution in [0, 0.1) is 0 Å². The number of anilines is 2. The van der Waals surface area contributed by atoms with E-state index in [4.69, 9.17) is 21.8 Å². The molecule has 0 spiro atoms. The Labute approximate surface area is 127 Å². The predicted octanol–water partition coefficient (Wildman–Crippen LogP) is 2.48. The van der Waals surface area contributed by atoms with Gasteiger partial charge in [-0.25, -0.2) is 0 Å². The minimum absolute atomic E-state index is 0.0666. The van der Waals surface area contributed by atoms with E-state index < -0.39 is 0 Å². The number of nitrogen functional groups attached to an aromatic ring is 1. The fraction of sp³-hybridized carbons (Fsp3) is 0.267. The van der Waals surface area contributed by atoms with Crippen LogP contribution in [0.4, 0.5) is 11.4 Å². The highest BCUT2D eigenvalue weighted by molar-refractivity contribution is 6.33. The lowest BCUT2D eigenvalue weighted by Gasteiger charge is -2.36. The number of piperazine rings is 1. The first-order valence-electron chi connectivity index (χ1n) is 6.78. The van der Waals surface area contributed by atoms with Gasteiger partial charge >= 0.3 is 0 Å². The number of benzene rings is 1. The minimum atomic E-state index is -0.0666. The van der Waals surface area contributed by atoms with Gasteiger partial charge in [-0.3, -0.25) is 4.79 Å². The number of carbonyl (C=O) groups excluding carboxylic acids is 1. The lowest BCUT2D eigenvalue weighted by molar-refractivity contribution is 0.0715. The normalized spacial score (nSPS) is 15.3. The second-order valence-electron chi connectivity index (χ2n) is 4.97. The summed E-state index contributed by atoms with van der Waals surface area (Å²) in [6.45, 7) is 2.74. The Morgan fingerprint density at radius 2 is 1.95 bits per heavy atom. The van der Waals surface area contributed by atoms with Crippen molar-refractivity contribution in [3.63, 3.8) is 0 Å². The molecule has 5 nitrogen and oxygen atoms in total. The smallest absolute Gasteiger partial charge is 0.289 e. The average Bonchev–Trinajstić information content (AvgIpc) is 3.01. The number of amides is 1. The van der Waals surface area contributed by atoms with Crippen molar-refractivity contribution in [2.45, 2.75) is 0 Å². The summed E-state index contributed by atoms with van der Waals surface area (Å²) in [5.41, 5.74) is 7.31. The lowest BCUT2D eigenvalue weighted by Crippen LogP contribution is -2.48. The third kappa shape index (κ3) is 2.83. The number of hydrogen-bond acceptors (Lipinski definition) is 4. The molecule has 3 rings (SSSR count). The Hall–Kier alpha value is -2.14. The second kappa shape index (κ2) is 5.69. The van der Waals surface area contributed by atoms with Crippen molar-refractivity contribution < 1.29 is 9.21 Å². The van der Waals surface area contributed by atoms with E-state index >= 15 is 0 Å². The first-order valence-corrected chi connectivity index (χ1v) is 7.16. The van der Waals surface area contributed by atoms with E-state index in [9.17, 15) is 4.79 Å². The molecule has 21 heavy (non-hydrogen) atoms. The van der Waals surface area contributed by atoms with Crippen molar-refractivity contribution in [3.8, 4) is 0 Å². The van der Waals surface area contributed by atoms with Gasteiger partial charge in [0.2, 0.25) is 0 Å². The summed E-state index contributed by atoms with van der Waals surface area (Å²) in [7, 11) is 0. The van der Waals surface area contributed by atoms with Gasteiger partial charge in [0.25, 0.3) is 5.91 Å². The third-order valence-electron chi connectivity index (χ3n) is 3.61. The fourth-order valence-corrected chi connectivity index (χ4v) is 2.79. The molecule has 1 aliphatic rings. The van der Waals surface area contributed by atoms with Gasteiger partial charge in [-0.05, 0) is 30.3 Å². The zero-order valence-corrected chi connectivity index (χ0v) is 12.2. The Morgan fingerprint density at radius 1 is 1.19 bits per heavy atom. The number of hydrogen-bond donors (Lipinski definition) is 1. The highest BCUT2D eigenvalue weighted by atomic mass is 35.5. The summed E-state index contributed by atoms with van der Waals surface area (Å²) in [5, 5.41) is 0.640. The first-order chi connectivity index (χ1) is 10.1. The number of carbonyl (C=O) groups is 1. The van der Waals surface area contributed by atoms with Crippen molar-refractivity contribution in [1.82, 2.24) is 4.90 Å². The molecule has 0 unspecified atom stereocenters. The quantitative estimate of drug-likeness (QED) is 0.866. The molecule has 1 saturated heterocycles. The maximum absolute atomic E-state index is 12.2. The Balaban J connectivity index is 1.66. The third-order valence-corrected chi connectivity index (χ3v) is 3.91. The van der Waals surface area contributed by atoms with Crippen molar-refractivity contribution in [2.24, 2.45) is 0 Å². The molecule has 110 valence electrons. The fourth-order valence-electron chi connectivity index (χ4n) is 2.49. The van der Waals surface area contributed by atoms with Gasteiger partial charge in [-0.1, -0.05) is 11.6 Å². The Morgan fingerprint density at radius 3 is 2.57 bits per heavy atom. The van der Waals surface area contributed by atoms with Crippen LogP contribution in [0.3, 0.4) is 0 Å². The summed E-state index contributed by atoms with van der Waals surface area (Å²) < 4.78 is 5.15. The molecule has 0 aliphatic carbocycles. The van der Waals surface area contributed by atoms with Gasteiger partial charge < -0.3 is 20.0 Å². The number of furan rings is 1. The van der Waals surface area contributed by atoms with Crippen molar-refractivity contribution in [3.05, 3.63) is 47.4 Å². The number of nitrogens with zero attached hydrogens (tertiary/aromatic N) is 2. The maximum Gasteiger partial charge on any atom is 0.289 e. The molecule has 0 bridgehead atoms. The maximum atomic E-state index is 12.2. The van der Waals surface area contributed by atoms with Crippen LogP contribution in [0.5, 0.6) is 0 Å². The van der Waals surface area contributed by atoms with E-state index in [1.165, 1.54) is 6.26 Å². The van der Waals surface area contributed by atoms with Crippen LogP contribution in [0.1, 0.15) is 10.6 Å². The Kier molecular flexibility index (Phi) is 3.75. The van der Waals surface area contributed by atoms with Crippen LogP contribution in [-0.4, -0.2) is 37.0 Å². The standard InChI is InChI=1S/C15H16ClN3O2/c16-12-10-11(17)3-4-13(12)18-5-7-19(8-6-18)15(20)14-2-1-9-21-14/h1-4,9-10H,5-8,17H2. The van der Waals surface area contributed by atoms with Crippen LogP contribution in [0.25, 0.3) is 0 Å². The summed E-state index contributed by atoms with van der Waals surface area (Å²) >= 11 is 6.23. The predicted molar refractivity (Wildman–Crippen MR) is 82.7 cm³/mol. The van der Waals surface area contributed by atoms with Crippen LogP contribution in [0.2, 0.25) is 5.02 Å². The molecule has 2 heterocycles. The van der Waals surface area contributed by atoms with E-state index in [2.05, 4.69) is 4.90 Å². The van der Waals surface area contributed by atoms with Crippen LogP contribution >= 0.6 is 11.6 Å². The summed E-state index contributed by atoms with van der Waals surface area (Å²) in [6, 6.07) is 8.91. The topological polar surface area (TPSA) is 62.7 Å². The molecule has 2 N–H and O–H groups in total. The minimum Gasteiger partial charge on any atom is -0.459 e. The zero-order valence-electron chi connectivity index (χ0n) is 11.5. The van der Waals surface area contributed by atoms with Gasteiger partial charge in [0.1, 0.15) is 0 Å². The SMILES string of the molecule is Nc1ccc(N2CCN(C(=O)c3ccco3)CC2)c(Cl)c1. The van der Waals surface area contributed by atoms with E-state index in [-0.39, 0.29) is 5.91 Å². The summed E-state index contributed by atoms with van der Waals surface area (Å²) in [5.74, 6) is 0.317. The second-order valence-corrected chi connectivity index (χ2v) is 5.37. The van der Waals surface area contributed by atoms with Crippen LogP contribution in [-0.2, 0) is 0 Å². The molecular weight excluding hydrogens is 290 g/mol. The molecular formula is C15H16ClN3O2. The largest absolute Gasteiger partial charge is 0.459 e. The molecule has 1 aromatic heterocycles. The summed E-state index contributed by atoms with van der Waals surface area (Å²) in [6.07, 6.45) is 1.51. The number of halogens is 1. The molecule has 0 saturated carbocycles. The van der Waals surface area contributed by atoms with Crippen LogP contribution < -0.4 is 10.6 Å². The van der Waals surface area contributed by atoms with Gasteiger partial charge in [-0.2, -0.15) is 0 Å². The molecule has 1 fully saturated rings. The van der Waals surface area contributed by atoms with Crippen molar-refractivity contribution in [1.29, 1.82) is 0 Å². The number of rotatable bonds is 2. The van der Waals surface area contributed by atoms with E-state index in [1.807, 2.05) is 12.1 Å². The van der Waals surface area contributed by atoms with Crippen LogP contribution in [0.15, 0.2) is 41.0 Å². The highest BCUT2D eigenvalue weighted by Crippen LogP contribution is 2.28.